The summed E-state index contributed by atoms with van der Waals surface area (Å²) in [5.41, 5.74) is 0. The van der Waals surface area contributed by atoms with Crippen LogP contribution in [0.3, 0.4) is 0 Å². The number of guanidine groups is 1. The molecule has 0 radical (unpaired) electrons. The van der Waals surface area contributed by atoms with Crippen molar-refractivity contribution in [2.24, 2.45) is 10.9 Å². The summed E-state index contributed by atoms with van der Waals surface area (Å²) >= 11 is 0. The fourth-order valence-corrected chi connectivity index (χ4v) is 2.69. The molecule has 1 aliphatic rings. The summed E-state index contributed by atoms with van der Waals surface area (Å²) in [4.78, 5) is 7.19. The SMILES string of the molecule is CCCCCNC(=NCC1CN(CC(C)C)CCO1)NCC. The molecule has 0 saturated carbocycles. The van der Waals surface area contributed by atoms with E-state index >= 15 is 0 Å². The van der Waals surface area contributed by atoms with E-state index in [1.165, 1.54) is 19.3 Å². The van der Waals surface area contributed by atoms with Crippen LogP contribution in [0.2, 0.25) is 0 Å². The van der Waals surface area contributed by atoms with Gasteiger partial charge in [-0.3, -0.25) is 9.89 Å². The van der Waals surface area contributed by atoms with Crippen LogP contribution in [-0.4, -0.2) is 62.8 Å². The first-order chi connectivity index (χ1) is 10.7. The molecule has 1 fully saturated rings. The van der Waals surface area contributed by atoms with Crippen molar-refractivity contribution in [3.05, 3.63) is 0 Å². The van der Waals surface area contributed by atoms with Gasteiger partial charge in [-0.1, -0.05) is 33.6 Å². The van der Waals surface area contributed by atoms with Gasteiger partial charge in [0.2, 0.25) is 0 Å². The highest BCUT2D eigenvalue weighted by atomic mass is 16.5. The lowest BCUT2D eigenvalue weighted by molar-refractivity contribution is -0.0261. The minimum Gasteiger partial charge on any atom is -0.374 e. The van der Waals surface area contributed by atoms with Crippen molar-refractivity contribution in [2.45, 2.75) is 53.1 Å². The Morgan fingerprint density at radius 2 is 2.09 bits per heavy atom. The molecular weight excluding hydrogens is 276 g/mol. The van der Waals surface area contributed by atoms with E-state index in [-0.39, 0.29) is 6.10 Å². The Kier molecular flexibility index (Phi) is 10.2. The standard InChI is InChI=1S/C17H36N4O/c1-5-7-8-9-19-17(18-6-2)20-12-16-14-21(10-11-22-16)13-15(3)4/h15-16H,5-14H2,1-4H3,(H2,18,19,20). The summed E-state index contributed by atoms with van der Waals surface area (Å²) in [6, 6.07) is 0. The van der Waals surface area contributed by atoms with Crippen LogP contribution in [0, 0.1) is 5.92 Å². The van der Waals surface area contributed by atoms with Crippen LogP contribution in [0.15, 0.2) is 4.99 Å². The molecule has 5 heteroatoms. The van der Waals surface area contributed by atoms with E-state index in [0.29, 0.717) is 5.92 Å². The molecule has 1 aliphatic heterocycles. The first-order valence-corrected chi connectivity index (χ1v) is 9.01. The maximum absolute atomic E-state index is 5.86. The topological polar surface area (TPSA) is 48.9 Å². The van der Waals surface area contributed by atoms with Crippen molar-refractivity contribution in [3.63, 3.8) is 0 Å². The summed E-state index contributed by atoms with van der Waals surface area (Å²) in [6.07, 6.45) is 3.93. The zero-order valence-corrected chi connectivity index (χ0v) is 15.0. The van der Waals surface area contributed by atoms with Crippen molar-refractivity contribution in [3.8, 4) is 0 Å². The van der Waals surface area contributed by atoms with Gasteiger partial charge in [-0.25, -0.2) is 0 Å². The summed E-state index contributed by atoms with van der Waals surface area (Å²) in [6.45, 7) is 15.5. The number of unbranched alkanes of at least 4 members (excludes halogenated alkanes) is 2. The normalized spacial score (nSPS) is 20.4. The highest BCUT2D eigenvalue weighted by molar-refractivity contribution is 5.79. The number of hydrogen-bond donors (Lipinski definition) is 2. The number of aliphatic imine (C=N–C) groups is 1. The Balaban J connectivity index is 2.36. The zero-order valence-electron chi connectivity index (χ0n) is 15.0. The molecule has 0 aromatic heterocycles. The number of hydrogen-bond acceptors (Lipinski definition) is 3. The molecule has 130 valence electrons. The molecule has 22 heavy (non-hydrogen) atoms. The van der Waals surface area contributed by atoms with Gasteiger partial charge < -0.3 is 15.4 Å². The molecule has 1 saturated heterocycles. The van der Waals surface area contributed by atoms with Gasteiger partial charge in [0.1, 0.15) is 0 Å². The van der Waals surface area contributed by atoms with Gasteiger partial charge in [0.25, 0.3) is 0 Å². The second kappa shape index (κ2) is 11.7. The van der Waals surface area contributed by atoms with Crippen LogP contribution in [0.4, 0.5) is 0 Å². The number of ether oxygens (including phenoxy) is 1. The second-order valence-corrected chi connectivity index (χ2v) is 6.50. The van der Waals surface area contributed by atoms with Gasteiger partial charge in [0.15, 0.2) is 5.96 Å². The quantitative estimate of drug-likeness (QED) is 0.389. The van der Waals surface area contributed by atoms with Crippen LogP contribution in [0.1, 0.15) is 47.0 Å². The fourth-order valence-electron chi connectivity index (χ4n) is 2.69. The number of nitrogens with zero attached hydrogens (tertiary/aromatic N) is 2. The number of rotatable bonds is 9. The van der Waals surface area contributed by atoms with Gasteiger partial charge in [0, 0.05) is 32.7 Å². The Morgan fingerprint density at radius 1 is 1.27 bits per heavy atom. The lowest BCUT2D eigenvalue weighted by Gasteiger charge is -2.33. The third kappa shape index (κ3) is 8.59. The lowest BCUT2D eigenvalue weighted by Crippen LogP contribution is -2.46. The summed E-state index contributed by atoms with van der Waals surface area (Å²) in [7, 11) is 0. The van der Waals surface area contributed by atoms with Crippen LogP contribution in [0.25, 0.3) is 0 Å². The highest BCUT2D eigenvalue weighted by Gasteiger charge is 2.20. The zero-order chi connectivity index (χ0) is 16.2. The average Bonchev–Trinajstić information content (AvgIpc) is 2.49. The molecule has 5 nitrogen and oxygen atoms in total. The predicted molar refractivity (Wildman–Crippen MR) is 94.5 cm³/mol. The van der Waals surface area contributed by atoms with Crippen LogP contribution < -0.4 is 10.6 Å². The molecule has 0 aromatic carbocycles. The van der Waals surface area contributed by atoms with Gasteiger partial charge in [-0.2, -0.15) is 0 Å². The number of nitrogens with one attached hydrogen (secondary N) is 2. The Hall–Kier alpha value is -0.810. The second-order valence-electron chi connectivity index (χ2n) is 6.50. The van der Waals surface area contributed by atoms with Crippen molar-refractivity contribution in [1.82, 2.24) is 15.5 Å². The first kappa shape index (κ1) is 19.2. The smallest absolute Gasteiger partial charge is 0.191 e. The van der Waals surface area contributed by atoms with E-state index in [2.05, 4.69) is 43.2 Å². The van der Waals surface area contributed by atoms with E-state index in [4.69, 9.17) is 9.73 Å². The van der Waals surface area contributed by atoms with Crippen LogP contribution in [0.5, 0.6) is 0 Å². The third-order valence-corrected chi connectivity index (χ3v) is 3.72. The monoisotopic (exact) mass is 312 g/mol. The molecule has 0 aliphatic carbocycles. The van der Waals surface area contributed by atoms with Crippen molar-refractivity contribution in [2.75, 3.05) is 45.9 Å². The predicted octanol–water partition coefficient (Wildman–Crippen LogP) is 2.09. The Morgan fingerprint density at radius 3 is 2.77 bits per heavy atom. The molecule has 0 spiro atoms. The molecule has 1 heterocycles. The fraction of sp³-hybridized carbons (Fsp3) is 0.941. The average molecular weight is 313 g/mol. The minimum atomic E-state index is 0.221. The maximum Gasteiger partial charge on any atom is 0.191 e. The Bertz CT molecular complexity index is 307. The van der Waals surface area contributed by atoms with Gasteiger partial charge in [0.05, 0.1) is 19.3 Å². The molecule has 1 rings (SSSR count). The minimum absolute atomic E-state index is 0.221. The first-order valence-electron chi connectivity index (χ1n) is 9.01. The molecule has 2 N–H and O–H groups in total. The van der Waals surface area contributed by atoms with Gasteiger partial charge >= 0.3 is 0 Å². The van der Waals surface area contributed by atoms with E-state index in [9.17, 15) is 0 Å². The summed E-state index contributed by atoms with van der Waals surface area (Å²) in [5.74, 6) is 1.63. The van der Waals surface area contributed by atoms with Gasteiger partial charge in [-0.05, 0) is 19.3 Å². The van der Waals surface area contributed by atoms with Gasteiger partial charge in [-0.15, -0.1) is 0 Å². The third-order valence-electron chi connectivity index (χ3n) is 3.72. The molecular formula is C17H36N4O. The van der Waals surface area contributed by atoms with Crippen LogP contribution >= 0.6 is 0 Å². The molecule has 1 atom stereocenters. The summed E-state index contributed by atoms with van der Waals surface area (Å²) < 4.78 is 5.86. The molecule has 0 bridgehead atoms. The molecule has 0 amide bonds. The lowest BCUT2D eigenvalue weighted by atomic mass is 10.2. The highest BCUT2D eigenvalue weighted by Crippen LogP contribution is 2.08. The largest absolute Gasteiger partial charge is 0.374 e. The summed E-state index contributed by atoms with van der Waals surface area (Å²) in [5, 5.41) is 6.72. The molecule has 1 unspecified atom stereocenters. The van der Waals surface area contributed by atoms with Crippen molar-refractivity contribution in [1.29, 1.82) is 0 Å². The van der Waals surface area contributed by atoms with Crippen molar-refractivity contribution < 1.29 is 4.74 Å². The van der Waals surface area contributed by atoms with E-state index in [0.717, 1.165) is 51.8 Å². The molecule has 0 aromatic rings. The van der Waals surface area contributed by atoms with E-state index in [1.54, 1.807) is 0 Å². The Labute approximate surface area is 136 Å². The maximum atomic E-state index is 5.86. The van der Waals surface area contributed by atoms with Crippen LogP contribution in [-0.2, 0) is 4.74 Å². The van der Waals surface area contributed by atoms with Crippen molar-refractivity contribution >= 4 is 5.96 Å². The number of morpholine rings is 1. The van der Waals surface area contributed by atoms with E-state index in [1.807, 2.05) is 0 Å². The van der Waals surface area contributed by atoms with E-state index < -0.39 is 0 Å².